The summed E-state index contributed by atoms with van der Waals surface area (Å²) in [6.07, 6.45) is 0. The lowest BCUT2D eigenvalue weighted by molar-refractivity contribution is -0.139. The fourth-order valence-corrected chi connectivity index (χ4v) is 2.35. The number of likely N-dealkylation sites (tertiary alicyclic amines) is 1. The second kappa shape index (κ2) is 2.46. The van der Waals surface area contributed by atoms with Gasteiger partial charge in [0.15, 0.2) is 0 Å². The van der Waals surface area contributed by atoms with E-state index in [2.05, 4.69) is 18.7 Å². The molecule has 68 valence electrons. The van der Waals surface area contributed by atoms with Crippen molar-refractivity contribution in [1.82, 2.24) is 4.90 Å². The van der Waals surface area contributed by atoms with Crippen LogP contribution in [-0.4, -0.2) is 35.1 Å². The summed E-state index contributed by atoms with van der Waals surface area (Å²) in [6.45, 7) is 6.33. The number of hydrogen-bond acceptors (Lipinski definition) is 2. The molecule has 2 fully saturated rings. The van der Waals surface area contributed by atoms with Gasteiger partial charge in [-0.25, -0.2) is 0 Å². The predicted octanol–water partition coefficient (Wildman–Crippen LogP) is 0.657. The Morgan fingerprint density at radius 2 is 1.92 bits per heavy atom. The van der Waals surface area contributed by atoms with Crippen molar-refractivity contribution in [2.24, 2.45) is 17.8 Å². The number of hydrogen-bond donors (Lipinski definition) is 1. The molecule has 1 aliphatic heterocycles. The molecule has 0 radical (unpaired) electrons. The Hall–Kier alpha value is -0.570. The summed E-state index contributed by atoms with van der Waals surface area (Å²) in [7, 11) is 0. The van der Waals surface area contributed by atoms with E-state index in [4.69, 9.17) is 5.11 Å². The third-order valence-corrected chi connectivity index (χ3v) is 3.24. The Balaban J connectivity index is 1.90. The summed E-state index contributed by atoms with van der Waals surface area (Å²) < 4.78 is 0. The monoisotopic (exact) mass is 169 g/mol. The Morgan fingerprint density at radius 3 is 2.25 bits per heavy atom. The molecule has 0 amide bonds. The van der Waals surface area contributed by atoms with Gasteiger partial charge < -0.3 is 10.0 Å². The molecule has 1 N–H and O–H groups in total. The first kappa shape index (κ1) is 8.05. The third kappa shape index (κ3) is 1.04. The fraction of sp³-hybridized carbons (Fsp3) is 0.889. The van der Waals surface area contributed by atoms with E-state index >= 15 is 0 Å². The second-order valence-electron chi connectivity index (χ2n) is 4.24. The SMILES string of the molecule is CC(C)N1C[C@@H]2[C@H](C1)[C@@H]2C(=O)O. The molecular formula is C9H15NO2. The highest BCUT2D eigenvalue weighted by Gasteiger charge is 2.59. The van der Waals surface area contributed by atoms with Gasteiger partial charge in [-0.1, -0.05) is 0 Å². The Morgan fingerprint density at radius 1 is 1.42 bits per heavy atom. The van der Waals surface area contributed by atoms with Crippen LogP contribution >= 0.6 is 0 Å². The highest BCUT2D eigenvalue weighted by atomic mass is 16.4. The van der Waals surface area contributed by atoms with Crippen LogP contribution in [0.15, 0.2) is 0 Å². The molecule has 3 nitrogen and oxygen atoms in total. The number of fused-ring (bicyclic) bond motifs is 1. The zero-order chi connectivity index (χ0) is 8.88. The molecule has 3 atom stereocenters. The van der Waals surface area contributed by atoms with Gasteiger partial charge in [0.1, 0.15) is 0 Å². The summed E-state index contributed by atoms with van der Waals surface area (Å²) in [6, 6.07) is 0.576. The van der Waals surface area contributed by atoms with Crippen molar-refractivity contribution < 1.29 is 9.90 Å². The number of piperidine rings is 1. The number of rotatable bonds is 2. The van der Waals surface area contributed by atoms with Crippen LogP contribution in [0.5, 0.6) is 0 Å². The molecule has 0 spiro atoms. The Labute approximate surface area is 72.4 Å². The molecule has 1 saturated heterocycles. The average Bonchev–Trinajstić information content (AvgIpc) is 2.48. The molecule has 0 aromatic carbocycles. The van der Waals surface area contributed by atoms with E-state index in [0.717, 1.165) is 13.1 Å². The van der Waals surface area contributed by atoms with Crippen molar-refractivity contribution in [2.45, 2.75) is 19.9 Å². The summed E-state index contributed by atoms with van der Waals surface area (Å²) in [4.78, 5) is 13.0. The predicted molar refractivity (Wildman–Crippen MR) is 44.8 cm³/mol. The van der Waals surface area contributed by atoms with E-state index in [0.29, 0.717) is 17.9 Å². The van der Waals surface area contributed by atoms with Gasteiger partial charge in [0.2, 0.25) is 0 Å². The summed E-state index contributed by atoms with van der Waals surface area (Å²) in [5, 5.41) is 8.77. The van der Waals surface area contributed by atoms with E-state index in [-0.39, 0.29) is 5.92 Å². The van der Waals surface area contributed by atoms with E-state index in [1.165, 1.54) is 0 Å². The van der Waals surface area contributed by atoms with Gasteiger partial charge in [0.25, 0.3) is 0 Å². The highest BCUT2D eigenvalue weighted by molar-refractivity contribution is 5.74. The average molecular weight is 169 g/mol. The minimum atomic E-state index is -0.589. The lowest BCUT2D eigenvalue weighted by Gasteiger charge is -2.22. The van der Waals surface area contributed by atoms with Crippen LogP contribution in [0.1, 0.15) is 13.8 Å². The van der Waals surface area contributed by atoms with Crippen LogP contribution in [0.25, 0.3) is 0 Å². The maximum atomic E-state index is 10.6. The molecule has 1 saturated carbocycles. The molecule has 0 bridgehead atoms. The molecule has 0 aromatic rings. The van der Waals surface area contributed by atoms with Gasteiger partial charge in [0.05, 0.1) is 5.92 Å². The van der Waals surface area contributed by atoms with Crippen LogP contribution in [0.3, 0.4) is 0 Å². The van der Waals surface area contributed by atoms with Crippen LogP contribution in [-0.2, 0) is 4.79 Å². The summed E-state index contributed by atoms with van der Waals surface area (Å²) >= 11 is 0. The van der Waals surface area contributed by atoms with Crippen LogP contribution in [0.2, 0.25) is 0 Å². The number of carboxylic acids is 1. The number of carboxylic acid groups (broad SMARTS) is 1. The topological polar surface area (TPSA) is 40.5 Å². The molecule has 1 aliphatic carbocycles. The fourth-order valence-electron chi connectivity index (χ4n) is 2.35. The first-order chi connectivity index (χ1) is 5.61. The van der Waals surface area contributed by atoms with Crippen LogP contribution in [0, 0.1) is 17.8 Å². The van der Waals surface area contributed by atoms with E-state index in [1.807, 2.05) is 0 Å². The smallest absolute Gasteiger partial charge is 0.307 e. The van der Waals surface area contributed by atoms with Gasteiger partial charge in [-0.05, 0) is 25.7 Å². The molecular weight excluding hydrogens is 154 g/mol. The lowest BCUT2D eigenvalue weighted by Crippen LogP contribution is -2.32. The normalized spacial score (nSPS) is 40.1. The minimum absolute atomic E-state index is 0.0139. The first-order valence-electron chi connectivity index (χ1n) is 4.58. The third-order valence-electron chi connectivity index (χ3n) is 3.24. The van der Waals surface area contributed by atoms with Crippen molar-refractivity contribution in [3.8, 4) is 0 Å². The molecule has 0 unspecified atom stereocenters. The quantitative estimate of drug-likeness (QED) is 0.660. The van der Waals surface area contributed by atoms with E-state index in [9.17, 15) is 4.79 Å². The van der Waals surface area contributed by atoms with Crippen molar-refractivity contribution in [3.05, 3.63) is 0 Å². The lowest BCUT2D eigenvalue weighted by atomic mass is 10.2. The zero-order valence-corrected chi connectivity index (χ0v) is 7.53. The molecule has 2 aliphatic rings. The summed E-state index contributed by atoms with van der Waals surface area (Å²) in [5.74, 6) is 0.322. The number of carbonyl (C=O) groups is 1. The minimum Gasteiger partial charge on any atom is -0.481 e. The highest BCUT2D eigenvalue weighted by Crippen LogP contribution is 2.52. The van der Waals surface area contributed by atoms with Gasteiger partial charge in [-0.3, -0.25) is 4.79 Å². The maximum Gasteiger partial charge on any atom is 0.307 e. The summed E-state index contributed by atoms with van der Waals surface area (Å²) in [5.41, 5.74) is 0. The van der Waals surface area contributed by atoms with Gasteiger partial charge in [0, 0.05) is 19.1 Å². The zero-order valence-electron chi connectivity index (χ0n) is 7.53. The number of aliphatic carboxylic acids is 1. The van der Waals surface area contributed by atoms with Crippen LogP contribution < -0.4 is 0 Å². The Bertz CT molecular complexity index is 203. The van der Waals surface area contributed by atoms with Crippen molar-refractivity contribution >= 4 is 5.97 Å². The molecule has 0 aromatic heterocycles. The molecule has 2 rings (SSSR count). The standard InChI is InChI=1S/C9H15NO2/c1-5(2)10-3-6-7(4-10)8(6)9(11)12/h5-8H,3-4H2,1-2H3,(H,11,12)/t6-,7+,8-. The molecule has 1 heterocycles. The largest absolute Gasteiger partial charge is 0.481 e. The van der Waals surface area contributed by atoms with Gasteiger partial charge in [-0.2, -0.15) is 0 Å². The second-order valence-corrected chi connectivity index (χ2v) is 4.24. The van der Waals surface area contributed by atoms with Crippen molar-refractivity contribution in [2.75, 3.05) is 13.1 Å². The van der Waals surface area contributed by atoms with Gasteiger partial charge in [-0.15, -0.1) is 0 Å². The van der Waals surface area contributed by atoms with E-state index in [1.54, 1.807) is 0 Å². The maximum absolute atomic E-state index is 10.6. The van der Waals surface area contributed by atoms with Crippen molar-refractivity contribution in [3.63, 3.8) is 0 Å². The molecule has 3 heteroatoms. The first-order valence-corrected chi connectivity index (χ1v) is 4.58. The molecule has 12 heavy (non-hydrogen) atoms. The van der Waals surface area contributed by atoms with E-state index < -0.39 is 5.97 Å². The van der Waals surface area contributed by atoms with Crippen molar-refractivity contribution in [1.29, 1.82) is 0 Å². The van der Waals surface area contributed by atoms with Crippen LogP contribution in [0.4, 0.5) is 0 Å². The number of nitrogens with zero attached hydrogens (tertiary/aromatic N) is 1. The Kier molecular flexibility index (Phi) is 1.65. The van der Waals surface area contributed by atoms with Gasteiger partial charge >= 0.3 is 5.97 Å².